The van der Waals surface area contributed by atoms with Crippen LogP contribution in [0.4, 0.5) is 22.2 Å². The fraction of sp³-hybridized carbons (Fsp3) is 0.438. The number of hydrogen-bond acceptors (Lipinski definition) is 27. The zero-order valence-electron chi connectivity index (χ0n) is 60.3. The van der Waals surface area contributed by atoms with E-state index in [0.717, 1.165) is 17.4 Å². The van der Waals surface area contributed by atoms with Crippen molar-refractivity contribution in [2.24, 2.45) is 0 Å². The van der Waals surface area contributed by atoms with Gasteiger partial charge in [0.25, 0.3) is 39.2 Å². The monoisotopic (exact) mass is 1570 g/mol. The van der Waals surface area contributed by atoms with Gasteiger partial charge in [0.2, 0.25) is 17.8 Å². The van der Waals surface area contributed by atoms with Gasteiger partial charge in [0, 0.05) is 30.9 Å². The number of carbonyl (C=O) groups excluding carboxylic acids is 3. The van der Waals surface area contributed by atoms with E-state index in [4.69, 9.17) is 61.3 Å². The molecular weight excluding hydrogens is 1490 g/mol. The molecule has 12 N–H and O–H groups in total. The summed E-state index contributed by atoms with van der Waals surface area (Å²) in [6.45, 7) is 18.2. The van der Waals surface area contributed by atoms with Crippen molar-refractivity contribution >= 4 is 113 Å². The van der Waals surface area contributed by atoms with Crippen LogP contribution in [0.15, 0.2) is 98.9 Å². The number of esters is 1. The van der Waals surface area contributed by atoms with E-state index in [0.29, 0.717) is 33.0 Å². The maximum Gasteiger partial charge on any atom is 0.326 e. The first-order valence-corrected chi connectivity index (χ1v) is 40.2. The van der Waals surface area contributed by atoms with Gasteiger partial charge < -0.3 is 63.4 Å². The number of anilines is 3. The van der Waals surface area contributed by atoms with Gasteiger partial charge in [-0.05, 0) is 128 Å². The molecule has 9 rings (SSSR count). The SMILES string of the molecule is CC(=O)C(C)(C)NP(=O)(COCCn1cnc2c(=O)[nH]c(N)nc21)OCc1ccc(C)c(Cl)c1.CC(=O)C(C)(C)NP(=O)(COCCn1cnc2c(=O)[nH]c(N)nc21)OCc1ccc(C)c(F)c1.CCOC(=O)C(C)(C)NP(=O)(COCCn1cnc2c(=O)[nH]c(N)nc21)OCc1ccc(S(C)(=O)=O)cc1. The number of Topliss-reactive ketones (excluding diaryl/α,β-unsaturated/α-hetero) is 2. The minimum absolute atomic E-state index is 0.0136. The van der Waals surface area contributed by atoms with Gasteiger partial charge in [-0.25, -0.2) is 43.0 Å². The third-order valence-electron chi connectivity index (χ3n) is 15.7. The summed E-state index contributed by atoms with van der Waals surface area (Å²) >= 11 is 6.17. The molecule has 0 saturated heterocycles. The van der Waals surface area contributed by atoms with Crippen LogP contribution >= 0.6 is 34.2 Å². The number of aromatic amines is 3. The fourth-order valence-corrected chi connectivity index (χ4v) is 16.0. The van der Waals surface area contributed by atoms with Gasteiger partial charge >= 0.3 is 5.97 Å². The number of nitrogens with one attached hydrogen (secondary N) is 6. The number of sulfone groups is 1. The largest absolute Gasteiger partial charge is 0.465 e. The fourth-order valence-electron chi connectivity index (χ4n) is 9.37. The quantitative estimate of drug-likeness (QED) is 0.0111. The minimum Gasteiger partial charge on any atom is -0.465 e. The summed E-state index contributed by atoms with van der Waals surface area (Å²) in [5.74, 6) is -1.58. The molecule has 6 aromatic heterocycles. The van der Waals surface area contributed by atoms with Gasteiger partial charge in [-0.2, -0.15) is 15.0 Å². The van der Waals surface area contributed by atoms with Crippen molar-refractivity contribution < 1.29 is 73.4 Å². The van der Waals surface area contributed by atoms with Crippen LogP contribution < -0.4 is 49.1 Å². The van der Waals surface area contributed by atoms with Crippen LogP contribution in [0.2, 0.25) is 5.02 Å². The Morgan fingerprint density at radius 2 is 0.896 bits per heavy atom. The second kappa shape index (κ2) is 35.9. The Balaban J connectivity index is 0.000000222. The molecule has 0 saturated carbocycles. The van der Waals surface area contributed by atoms with Crippen LogP contribution in [0.3, 0.4) is 0 Å². The molecule has 3 atom stereocenters. The number of aromatic nitrogens is 12. The highest BCUT2D eigenvalue weighted by molar-refractivity contribution is 7.90. The number of rotatable bonds is 35. The number of aryl methyl sites for hydroxylation is 2. The number of imidazole rings is 3. The average Bonchev–Trinajstić information content (AvgIpc) is 1.67. The number of halogens is 2. The molecule has 0 fully saturated rings. The molecule has 3 unspecified atom stereocenters. The molecule has 0 aliphatic heterocycles. The second-order valence-corrected chi connectivity index (χ2v) is 34.4. The van der Waals surface area contributed by atoms with Gasteiger partial charge in [-0.15, -0.1) is 0 Å². The molecule has 0 aliphatic carbocycles. The number of benzene rings is 3. The minimum atomic E-state index is -3.81. The van der Waals surface area contributed by atoms with Crippen LogP contribution in [0.25, 0.3) is 33.5 Å². The summed E-state index contributed by atoms with van der Waals surface area (Å²) in [5.41, 5.74) is 16.3. The second-order valence-electron chi connectivity index (χ2n) is 25.8. The molecule has 106 heavy (non-hydrogen) atoms. The lowest BCUT2D eigenvalue weighted by atomic mass is 10.0. The van der Waals surface area contributed by atoms with Crippen molar-refractivity contribution in [2.45, 2.75) is 137 Å². The van der Waals surface area contributed by atoms with E-state index in [9.17, 15) is 55.3 Å². The maximum absolute atomic E-state index is 13.9. The van der Waals surface area contributed by atoms with E-state index >= 15 is 0 Å². The average molecular weight is 1580 g/mol. The molecular formula is C64H87ClFN18O18P3S. The van der Waals surface area contributed by atoms with Gasteiger partial charge in [0.05, 0.1) is 81.2 Å². The Labute approximate surface area is 612 Å². The number of ketones is 2. The maximum atomic E-state index is 13.9. The summed E-state index contributed by atoms with van der Waals surface area (Å²) in [6.07, 6.45) is 4.35. The van der Waals surface area contributed by atoms with Crippen molar-refractivity contribution in [3.05, 3.63) is 149 Å². The lowest BCUT2D eigenvalue weighted by molar-refractivity contribution is -0.149. The van der Waals surface area contributed by atoms with Crippen LogP contribution in [0.5, 0.6) is 0 Å². The summed E-state index contributed by atoms with van der Waals surface area (Å²) < 4.78 is 122. The predicted octanol–water partition coefficient (Wildman–Crippen LogP) is 6.92. The molecule has 42 heteroatoms. The normalized spacial score (nSPS) is 13.8. The Hall–Kier alpha value is -8.58. The number of nitrogens with two attached hydrogens (primary N) is 3. The molecule has 6 heterocycles. The van der Waals surface area contributed by atoms with Crippen LogP contribution in [-0.4, -0.2) is 153 Å². The van der Waals surface area contributed by atoms with Gasteiger partial charge in [-0.1, -0.05) is 48.0 Å². The van der Waals surface area contributed by atoms with Gasteiger partial charge in [0.15, 0.2) is 43.3 Å². The first-order valence-electron chi connectivity index (χ1n) is 32.5. The third-order valence-corrected chi connectivity index (χ3v) is 23.2. The molecule has 9 aromatic rings. The van der Waals surface area contributed by atoms with E-state index in [1.54, 1.807) is 85.6 Å². The first kappa shape index (κ1) is 84.7. The Kier molecular flexibility index (Phi) is 28.7. The summed E-state index contributed by atoms with van der Waals surface area (Å²) in [4.78, 5) is 104. The Morgan fingerprint density at radius 3 is 1.24 bits per heavy atom. The predicted molar refractivity (Wildman–Crippen MR) is 394 cm³/mol. The molecule has 0 aliphatic rings. The van der Waals surface area contributed by atoms with E-state index < -0.39 is 83.8 Å². The summed E-state index contributed by atoms with van der Waals surface area (Å²) in [6, 6.07) is 15.9. The molecule has 0 spiro atoms. The summed E-state index contributed by atoms with van der Waals surface area (Å²) in [7, 11) is -14.5. The number of H-pyrrole nitrogens is 3. The molecule has 0 bridgehead atoms. The number of nitrogens with zero attached hydrogens (tertiary/aromatic N) is 9. The standard InChI is InChI=1S/C22H31N6O8PS.C21H28ClN6O5P.C21H28FN6O5P/c1-5-35-20(30)22(2,3)27-37(31,36-12-15-6-8-16(9-7-15)38(4,32)33)14-34-11-10-28-13-24-17-18(28)25-21(23)26-19(17)29;2*1-13-5-6-15(9-16(13)22)10-33-34(31,27-21(3,4)14(2)29)12-32-8-7-28-11-24-17-18(28)25-20(23)26-19(17)30/h6-9,13H,5,10-12,14H2,1-4H3,(H,27,31)(H3,23,25,26,29);2*5-6,9,11H,7-8,10,12H2,1-4H3,(H,27,31)(H3,23,25,26,30). The number of hydrogen-bond donors (Lipinski definition) is 9. The number of nitrogen functional groups attached to an aromatic ring is 3. The number of carbonyl (C=O) groups is 3. The van der Waals surface area contributed by atoms with E-state index in [1.165, 1.54) is 64.9 Å². The zero-order valence-corrected chi connectivity index (χ0v) is 64.6. The van der Waals surface area contributed by atoms with Crippen LogP contribution in [0, 0.1) is 19.7 Å². The van der Waals surface area contributed by atoms with Crippen molar-refractivity contribution in [2.75, 3.05) is 68.9 Å². The van der Waals surface area contributed by atoms with Crippen molar-refractivity contribution in [3.63, 3.8) is 0 Å². The van der Waals surface area contributed by atoms with Gasteiger partial charge in [0.1, 0.15) is 42.0 Å². The Morgan fingerprint density at radius 1 is 0.557 bits per heavy atom. The van der Waals surface area contributed by atoms with Crippen molar-refractivity contribution in [1.29, 1.82) is 0 Å². The zero-order chi connectivity index (χ0) is 78.3. The van der Waals surface area contributed by atoms with E-state index in [2.05, 4.69) is 60.1 Å². The van der Waals surface area contributed by atoms with E-state index in [1.807, 2.05) is 19.1 Å². The molecule has 36 nitrogen and oxygen atoms in total. The van der Waals surface area contributed by atoms with Crippen LogP contribution in [-0.2, 0) is 110 Å². The highest BCUT2D eigenvalue weighted by atomic mass is 35.5. The van der Waals surface area contributed by atoms with Crippen molar-refractivity contribution in [3.8, 4) is 0 Å². The highest BCUT2D eigenvalue weighted by Gasteiger charge is 2.40. The topological polar surface area (TPSA) is 506 Å². The van der Waals surface area contributed by atoms with E-state index in [-0.39, 0.29) is 135 Å². The molecule has 576 valence electrons. The lowest BCUT2D eigenvalue weighted by Gasteiger charge is -2.29. The molecule has 3 aromatic carbocycles. The molecule has 0 radical (unpaired) electrons. The number of ether oxygens (including phenoxy) is 4. The third kappa shape index (κ3) is 23.7. The highest BCUT2D eigenvalue weighted by Crippen LogP contribution is 2.48. The first-order chi connectivity index (χ1) is 49.5. The summed E-state index contributed by atoms with van der Waals surface area (Å²) in [5, 5.41) is 8.93. The van der Waals surface area contributed by atoms with Crippen molar-refractivity contribution in [1.82, 2.24) is 73.8 Å². The van der Waals surface area contributed by atoms with Gasteiger partial charge in [-0.3, -0.25) is 57.4 Å². The lowest BCUT2D eigenvalue weighted by Crippen LogP contribution is -2.46. The molecule has 0 amide bonds. The van der Waals surface area contributed by atoms with Crippen LogP contribution in [0.1, 0.15) is 90.1 Å². The Bertz CT molecular complexity index is 4910. The number of fused-ring (bicyclic) bond motifs is 3. The smallest absolute Gasteiger partial charge is 0.326 e.